The predicted octanol–water partition coefficient (Wildman–Crippen LogP) is 4.26. The number of anilines is 2. The van der Waals surface area contributed by atoms with Crippen LogP contribution in [0.15, 0.2) is 57.4 Å². The van der Waals surface area contributed by atoms with Gasteiger partial charge in [-0.05, 0) is 62.1 Å². The second-order valence-corrected chi connectivity index (χ2v) is 7.43. The molecule has 34 heavy (non-hydrogen) atoms. The van der Waals surface area contributed by atoms with Crippen molar-refractivity contribution in [2.24, 2.45) is 0 Å². The van der Waals surface area contributed by atoms with Gasteiger partial charge in [0.25, 0.3) is 11.8 Å². The average Bonchev–Trinajstić information content (AvgIpc) is 3.51. The summed E-state index contributed by atoms with van der Waals surface area (Å²) in [6.45, 7) is 5.84. The van der Waals surface area contributed by atoms with Gasteiger partial charge >= 0.3 is 12.0 Å². The lowest BCUT2D eigenvalue weighted by molar-refractivity contribution is 0.264. The van der Waals surface area contributed by atoms with Gasteiger partial charge in [0.05, 0.1) is 0 Å². The molecule has 2 aromatic carbocycles. The van der Waals surface area contributed by atoms with Crippen LogP contribution < -0.4 is 20.1 Å². The first-order valence-corrected chi connectivity index (χ1v) is 11.3. The number of aromatic nitrogens is 4. The molecular weight excluding hydrogens is 436 g/mol. The van der Waals surface area contributed by atoms with Crippen molar-refractivity contribution < 1.29 is 18.3 Å². The molecule has 0 saturated heterocycles. The summed E-state index contributed by atoms with van der Waals surface area (Å²) in [5.41, 5.74) is 2.46. The molecule has 4 rings (SSSR count). The summed E-state index contributed by atoms with van der Waals surface area (Å²) in [7, 11) is 0. The van der Waals surface area contributed by atoms with Crippen LogP contribution in [0.1, 0.15) is 36.8 Å². The number of nitrogens with one attached hydrogen (secondary N) is 2. The van der Waals surface area contributed by atoms with Gasteiger partial charge in [-0.1, -0.05) is 34.5 Å². The molecule has 0 amide bonds. The minimum atomic E-state index is 0.232. The highest BCUT2D eigenvalue weighted by Gasteiger charge is 2.07. The van der Waals surface area contributed by atoms with Crippen LogP contribution in [0.25, 0.3) is 0 Å². The maximum absolute atomic E-state index is 5.73. The Morgan fingerprint density at radius 3 is 1.41 bits per heavy atom. The molecule has 178 valence electrons. The normalized spacial score (nSPS) is 10.8. The Balaban J connectivity index is 1.20. The van der Waals surface area contributed by atoms with Crippen LogP contribution in [0.2, 0.25) is 0 Å². The molecule has 0 aliphatic heterocycles. The smallest absolute Gasteiger partial charge is 0.315 e. The van der Waals surface area contributed by atoms with Crippen molar-refractivity contribution in [3.8, 4) is 11.5 Å². The van der Waals surface area contributed by atoms with E-state index in [2.05, 4.69) is 55.3 Å². The lowest BCUT2D eigenvalue weighted by Gasteiger charge is -2.07. The van der Waals surface area contributed by atoms with E-state index in [4.69, 9.17) is 18.3 Å². The molecule has 2 aromatic heterocycles. The first kappa shape index (κ1) is 23.1. The standard InChI is InChI=1S/C24H28N6O4/c1-3-25-23-29-27-21(33-23)15-31-19-11-7-17(8-12-19)5-6-18-9-13-20(14-10-18)32-16-22-28-30-24(34-22)26-4-2/h7-14H,3-6,15-16H2,1-2H3,(H,25,29)(H,26,30). The van der Waals surface area contributed by atoms with Gasteiger partial charge in [0.15, 0.2) is 13.2 Å². The summed E-state index contributed by atoms with van der Waals surface area (Å²) in [4.78, 5) is 0. The van der Waals surface area contributed by atoms with E-state index in [0.717, 1.165) is 37.4 Å². The maximum Gasteiger partial charge on any atom is 0.315 e. The number of nitrogens with zero attached hydrogens (tertiary/aromatic N) is 4. The van der Waals surface area contributed by atoms with Crippen LogP contribution in [-0.2, 0) is 26.1 Å². The summed E-state index contributed by atoms with van der Waals surface area (Å²) in [6, 6.07) is 16.9. The minimum absolute atomic E-state index is 0.232. The molecule has 10 heteroatoms. The van der Waals surface area contributed by atoms with E-state index in [0.29, 0.717) is 23.8 Å². The van der Waals surface area contributed by atoms with Crippen molar-refractivity contribution in [3.05, 3.63) is 71.4 Å². The quantitative estimate of drug-likeness (QED) is 0.297. The van der Waals surface area contributed by atoms with E-state index in [1.165, 1.54) is 11.1 Å². The van der Waals surface area contributed by atoms with Crippen LogP contribution >= 0.6 is 0 Å². The van der Waals surface area contributed by atoms with Crippen molar-refractivity contribution in [2.45, 2.75) is 39.9 Å². The Morgan fingerprint density at radius 2 is 1.03 bits per heavy atom. The Kier molecular flexibility index (Phi) is 7.94. The number of aryl methyl sites for hydroxylation is 2. The second kappa shape index (κ2) is 11.7. The van der Waals surface area contributed by atoms with E-state index in [9.17, 15) is 0 Å². The average molecular weight is 465 g/mol. The fraction of sp³-hybridized carbons (Fsp3) is 0.333. The summed E-state index contributed by atoms with van der Waals surface area (Å²) in [5, 5.41) is 21.6. The molecule has 0 saturated carbocycles. The molecule has 0 unspecified atom stereocenters. The number of rotatable bonds is 13. The van der Waals surface area contributed by atoms with E-state index in [1.54, 1.807) is 0 Å². The third kappa shape index (κ3) is 6.71. The number of hydrogen-bond donors (Lipinski definition) is 2. The van der Waals surface area contributed by atoms with Gasteiger partial charge in [-0.15, -0.1) is 10.2 Å². The van der Waals surface area contributed by atoms with Crippen LogP contribution in [0.5, 0.6) is 11.5 Å². The van der Waals surface area contributed by atoms with Crippen molar-refractivity contribution in [2.75, 3.05) is 23.7 Å². The lowest BCUT2D eigenvalue weighted by atomic mass is 10.0. The Labute approximate surface area is 197 Å². The predicted molar refractivity (Wildman–Crippen MR) is 126 cm³/mol. The molecule has 0 radical (unpaired) electrons. The van der Waals surface area contributed by atoms with E-state index < -0.39 is 0 Å². The monoisotopic (exact) mass is 464 g/mol. The molecule has 4 aromatic rings. The first-order valence-electron chi connectivity index (χ1n) is 11.3. The van der Waals surface area contributed by atoms with Crippen molar-refractivity contribution in [1.82, 2.24) is 20.4 Å². The molecule has 0 fully saturated rings. The molecule has 0 bridgehead atoms. The molecule has 0 spiro atoms. The van der Waals surface area contributed by atoms with Gasteiger partial charge in [0.1, 0.15) is 11.5 Å². The fourth-order valence-corrected chi connectivity index (χ4v) is 3.15. The van der Waals surface area contributed by atoms with E-state index in [1.807, 2.05) is 38.1 Å². The van der Waals surface area contributed by atoms with E-state index >= 15 is 0 Å². The first-order chi connectivity index (χ1) is 16.7. The lowest BCUT2D eigenvalue weighted by Crippen LogP contribution is -1.97. The van der Waals surface area contributed by atoms with Crippen LogP contribution in [-0.4, -0.2) is 33.5 Å². The van der Waals surface area contributed by atoms with E-state index in [-0.39, 0.29) is 13.2 Å². The van der Waals surface area contributed by atoms with Gasteiger partial charge in [0, 0.05) is 13.1 Å². The highest BCUT2D eigenvalue weighted by Crippen LogP contribution is 2.18. The topological polar surface area (TPSA) is 120 Å². The maximum atomic E-state index is 5.73. The zero-order chi connectivity index (χ0) is 23.6. The van der Waals surface area contributed by atoms with Gasteiger partial charge < -0.3 is 28.9 Å². The summed E-state index contributed by atoms with van der Waals surface area (Å²) < 4.78 is 22.3. The highest BCUT2D eigenvalue weighted by atomic mass is 16.5. The molecular formula is C24H28N6O4. The summed E-state index contributed by atoms with van der Waals surface area (Å²) in [5.74, 6) is 2.38. The molecule has 2 heterocycles. The number of hydrogen-bond acceptors (Lipinski definition) is 10. The second-order valence-electron chi connectivity index (χ2n) is 7.43. The highest BCUT2D eigenvalue weighted by molar-refractivity contribution is 5.30. The van der Waals surface area contributed by atoms with Crippen LogP contribution in [0.3, 0.4) is 0 Å². The zero-order valence-electron chi connectivity index (χ0n) is 19.3. The third-order valence-electron chi connectivity index (χ3n) is 4.86. The Hall–Kier alpha value is -4.08. The third-order valence-corrected chi connectivity index (χ3v) is 4.86. The molecule has 10 nitrogen and oxygen atoms in total. The fourth-order valence-electron chi connectivity index (χ4n) is 3.15. The Bertz CT molecular complexity index is 1050. The molecule has 2 N–H and O–H groups in total. The van der Waals surface area contributed by atoms with Crippen molar-refractivity contribution in [1.29, 1.82) is 0 Å². The SMILES string of the molecule is CCNc1nnc(COc2ccc(CCc3ccc(OCc4nnc(NCC)o4)cc3)cc2)o1. The van der Waals surface area contributed by atoms with Crippen molar-refractivity contribution >= 4 is 12.0 Å². The van der Waals surface area contributed by atoms with Gasteiger partial charge in [-0.3, -0.25) is 0 Å². The summed E-state index contributed by atoms with van der Waals surface area (Å²) >= 11 is 0. The number of benzene rings is 2. The minimum Gasteiger partial charge on any atom is -0.484 e. The molecule has 0 atom stereocenters. The largest absolute Gasteiger partial charge is 0.484 e. The molecule has 0 aliphatic carbocycles. The van der Waals surface area contributed by atoms with Gasteiger partial charge in [-0.2, -0.15) is 0 Å². The summed E-state index contributed by atoms with van der Waals surface area (Å²) in [6.07, 6.45) is 1.84. The molecule has 0 aliphatic rings. The van der Waals surface area contributed by atoms with Crippen molar-refractivity contribution in [3.63, 3.8) is 0 Å². The zero-order valence-corrected chi connectivity index (χ0v) is 19.3. The van der Waals surface area contributed by atoms with Gasteiger partial charge in [-0.25, -0.2) is 0 Å². The number of ether oxygens (including phenoxy) is 2. The van der Waals surface area contributed by atoms with Crippen LogP contribution in [0, 0.1) is 0 Å². The van der Waals surface area contributed by atoms with Crippen LogP contribution in [0.4, 0.5) is 12.0 Å². The Morgan fingerprint density at radius 1 is 0.618 bits per heavy atom. The van der Waals surface area contributed by atoms with Gasteiger partial charge in [0.2, 0.25) is 0 Å².